The number of aromatic nitrogens is 1. The van der Waals surface area contributed by atoms with E-state index in [0.717, 1.165) is 21.0 Å². The molecule has 0 aliphatic carbocycles. The molecule has 2 aromatic heterocycles. The Morgan fingerprint density at radius 1 is 1.15 bits per heavy atom. The summed E-state index contributed by atoms with van der Waals surface area (Å²) >= 11 is 11.1. The lowest BCUT2D eigenvalue weighted by Gasteiger charge is -2.27. The van der Waals surface area contributed by atoms with Crippen LogP contribution in [0.2, 0.25) is 0 Å². The van der Waals surface area contributed by atoms with Crippen LogP contribution in [0.15, 0.2) is 58.5 Å². The number of halogens is 1. The van der Waals surface area contributed by atoms with Crippen LogP contribution in [0.5, 0.6) is 0 Å². The maximum absolute atomic E-state index is 5.74. The number of aryl methyl sites for hydroxylation is 2. The normalized spacial score (nSPS) is 19.7. The van der Waals surface area contributed by atoms with Crippen molar-refractivity contribution < 1.29 is 0 Å². The van der Waals surface area contributed by atoms with E-state index in [1.54, 1.807) is 11.3 Å². The van der Waals surface area contributed by atoms with Crippen LogP contribution >= 0.6 is 39.5 Å². The van der Waals surface area contributed by atoms with E-state index >= 15 is 0 Å². The molecule has 1 aromatic carbocycles. The molecular weight excluding hydrogens is 426 g/mol. The van der Waals surface area contributed by atoms with Gasteiger partial charge in [0.05, 0.1) is 17.8 Å². The van der Waals surface area contributed by atoms with Gasteiger partial charge in [-0.15, -0.1) is 11.3 Å². The van der Waals surface area contributed by atoms with Gasteiger partial charge >= 0.3 is 0 Å². The summed E-state index contributed by atoms with van der Waals surface area (Å²) in [6.45, 7) is 4.27. The number of benzene rings is 1. The molecule has 0 saturated carbocycles. The average molecular weight is 444 g/mol. The van der Waals surface area contributed by atoms with Crippen LogP contribution in [-0.4, -0.2) is 10.1 Å². The standard InChI is InChI=1S/C20H18BrN3S2/c1-12-6-7-15(9-13(12)2)24-19(17-10-14(21)11-26-17)18(23-20(24)25)16-5-3-4-8-22-16/h3-11,18-19H,1-2H3,(H,23,25)/t18-,19-/m1/s1. The fourth-order valence-electron chi connectivity index (χ4n) is 3.28. The first-order valence-corrected chi connectivity index (χ1v) is 10.4. The zero-order valence-corrected chi connectivity index (χ0v) is 17.7. The first-order valence-electron chi connectivity index (χ1n) is 8.36. The van der Waals surface area contributed by atoms with Crippen molar-refractivity contribution >= 4 is 50.3 Å². The van der Waals surface area contributed by atoms with Gasteiger partial charge in [-0.3, -0.25) is 4.98 Å². The third kappa shape index (κ3) is 3.17. The van der Waals surface area contributed by atoms with Crippen LogP contribution in [0.1, 0.15) is 33.8 Å². The molecule has 3 nitrogen and oxygen atoms in total. The number of thiophene rings is 1. The van der Waals surface area contributed by atoms with Crippen LogP contribution in [0.4, 0.5) is 5.69 Å². The summed E-state index contributed by atoms with van der Waals surface area (Å²) in [6, 6.07) is 14.8. The van der Waals surface area contributed by atoms with E-state index in [1.165, 1.54) is 16.0 Å². The smallest absolute Gasteiger partial charge is 0.174 e. The van der Waals surface area contributed by atoms with E-state index in [1.807, 2.05) is 18.3 Å². The number of pyridine rings is 1. The maximum Gasteiger partial charge on any atom is 0.174 e. The zero-order valence-electron chi connectivity index (χ0n) is 14.4. The van der Waals surface area contributed by atoms with E-state index in [-0.39, 0.29) is 12.1 Å². The number of nitrogens with one attached hydrogen (secondary N) is 1. The van der Waals surface area contributed by atoms with Crippen molar-refractivity contribution in [3.8, 4) is 0 Å². The van der Waals surface area contributed by atoms with Crippen molar-refractivity contribution in [2.24, 2.45) is 0 Å². The molecule has 0 unspecified atom stereocenters. The topological polar surface area (TPSA) is 28.2 Å². The molecule has 0 amide bonds. The quantitative estimate of drug-likeness (QED) is 0.525. The van der Waals surface area contributed by atoms with Gasteiger partial charge in [0.25, 0.3) is 0 Å². The Morgan fingerprint density at radius 3 is 2.65 bits per heavy atom. The largest absolute Gasteiger partial charge is 0.351 e. The van der Waals surface area contributed by atoms with Crippen molar-refractivity contribution in [1.82, 2.24) is 10.3 Å². The molecule has 132 valence electrons. The van der Waals surface area contributed by atoms with E-state index in [4.69, 9.17) is 12.2 Å². The molecule has 1 saturated heterocycles. The predicted octanol–water partition coefficient (Wildman–Crippen LogP) is 5.70. The molecule has 0 bridgehead atoms. The lowest BCUT2D eigenvalue weighted by molar-refractivity contribution is 0.575. The van der Waals surface area contributed by atoms with Crippen molar-refractivity contribution in [3.05, 3.63) is 80.2 Å². The highest BCUT2D eigenvalue weighted by molar-refractivity contribution is 9.10. The fraction of sp³-hybridized carbons (Fsp3) is 0.200. The number of hydrogen-bond acceptors (Lipinski definition) is 3. The summed E-state index contributed by atoms with van der Waals surface area (Å²) in [4.78, 5) is 8.05. The van der Waals surface area contributed by atoms with E-state index in [2.05, 4.69) is 80.7 Å². The van der Waals surface area contributed by atoms with Crippen molar-refractivity contribution in [1.29, 1.82) is 0 Å². The maximum atomic E-state index is 5.74. The Labute approximate surface area is 171 Å². The summed E-state index contributed by atoms with van der Waals surface area (Å²) in [6.07, 6.45) is 1.83. The second kappa shape index (κ2) is 7.10. The number of nitrogens with zero attached hydrogens (tertiary/aromatic N) is 2. The van der Waals surface area contributed by atoms with Crippen molar-refractivity contribution in [2.45, 2.75) is 25.9 Å². The van der Waals surface area contributed by atoms with Crippen LogP contribution in [0, 0.1) is 13.8 Å². The van der Waals surface area contributed by atoms with E-state index in [0.29, 0.717) is 0 Å². The fourth-order valence-corrected chi connectivity index (χ4v) is 5.20. The summed E-state index contributed by atoms with van der Waals surface area (Å²) in [5.41, 5.74) is 4.65. The van der Waals surface area contributed by atoms with Gasteiger partial charge in [0.1, 0.15) is 0 Å². The first kappa shape index (κ1) is 17.6. The molecule has 3 aromatic rings. The minimum Gasteiger partial charge on any atom is -0.351 e. The highest BCUT2D eigenvalue weighted by atomic mass is 79.9. The second-order valence-corrected chi connectivity index (χ2v) is 8.68. The van der Waals surface area contributed by atoms with Gasteiger partial charge in [-0.25, -0.2) is 0 Å². The van der Waals surface area contributed by atoms with Crippen LogP contribution in [-0.2, 0) is 0 Å². The van der Waals surface area contributed by atoms with Crippen molar-refractivity contribution in [2.75, 3.05) is 4.90 Å². The molecule has 4 rings (SSSR count). The highest BCUT2D eigenvalue weighted by Gasteiger charge is 2.41. The lowest BCUT2D eigenvalue weighted by atomic mass is 10.0. The predicted molar refractivity (Wildman–Crippen MR) is 116 cm³/mol. The minimum atomic E-state index is 0.0101. The summed E-state index contributed by atoms with van der Waals surface area (Å²) in [5.74, 6) is 0. The monoisotopic (exact) mass is 443 g/mol. The Bertz CT molecular complexity index is 955. The highest BCUT2D eigenvalue weighted by Crippen LogP contribution is 2.44. The molecule has 1 fully saturated rings. The Morgan fingerprint density at radius 2 is 2.00 bits per heavy atom. The Kier molecular flexibility index (Phi) is 4.82. The molecule has 6 heteroatoms. The van der Waals surface area contributed by atoms with Crippen LogP contribution in [0.25, 0.3) is 0 Å². The molecule has 2 atom stereocenters. The molecule has 3 heterocycles. The third-order valence-corrected chi connectivity index (χ3v) is 6.82. The van der Waals surface area contributed by atoms with Gasteiger partial charge in [-0.1, -0.05) is 12.1 Å². The van der Waals surface area contributed by atoms with E-state index in [9.17, 15) is 0 Å². The Hall–Kier alpha value is -1.76. The molecule has 26 heavy (non-hydrogen) atoms. The summed E-state index contributed by atoms with van der Waals surface area (Å²) < 4.78 is 1.09. The minimum absolute atomic E-state index is 0.0101. The van der Waals surface area contributed by atoms with Gasteiger partial charge in [0.15, 0.2) is 5.11 Å². The molecule has 0 spiro atoms. The number of anilines is 1. The molecule has 1 N–H and O–H groups in total. The lowest BCUT2D eigenvalue weighted by Crippen LogP contribution is -2.29. The SMILES string of the molecule is Cc1ccc(N2C(=S)N[C@H](c3ccccn3)[C@H]2c2cc(Br)cs2)cc1C. The second-order valence-electron chi connectivity index (χ2n) is 6.43. The third-order valence-electron chi connectivity index (χ3n) is 4.75. The van der Waals surface area contributed by atoms with Gasteiger partial charge in [-0.2, -0.15) is 0 Å². The Balaban J connectivity index is 1.83. The summed E-state index contributed by atoms with van der Waals surface area (Å²) in [7, 11) is 0. The average Bonchev–Trinajstić information content (AvgIpc) is 3.21. The van der Waals surface area contributed by atoms with Crippen molar-refractivity contribution in [3.63, 3.8) is 0 Å². The summed E-state index contributed by atoms with van der Waals surface area (Å²) in [5, 5.41) is 6.35. The number of thiocarbonyl (C=S) groups is 1. The molecule has 1 aliphatic heterocycles. The number of rotatable bonds is 3. The van der Waals surface area contributed by atoms with E-state index < -0.39 is 0 Å². The first-order chi connectivity index (χ1) is 12.5. The van der Waals surface area contributed by atoms with Crippen LogP contribution in [0.3, 0.4) is 0 Å². The molecular formula is C20H18BrN3S2. The zero-order chi connectivity index (χ0) is 18.3. The van der Waals surface area contributed by atoms with Gasteiger partial charge in [0, 0.05) is 26.6 Å². The van der Waals surface area contributed by atoms with Gasteiger partial charge in [-0.05, 0) is 83.5 Å². The number of hydrogen-bond donors (Lipinski definition) is 1. The molecule has 1 aliphatic rings. The van der Waals surface area contributed by atoms with Crippen LogP contribution < -0.4 is 10.2 Å². The molecule has 0 radical (unpaired) electrons. The van der Waals surface area contributed by atoms with Gasteiger partial charge in [0.2, 0.25) is 0 Å². The van der Waals surface area contributed by atoms with Gasteiger partial charge < -0.3 is 10.2 Å².